The van der Waals surface area contributed by atoms with E-state index in [4.69, 9.17) is 19.8 Å². The Kier molecular flexibility index (Phi) is 6.04. The fourth-order valence-electron chi connectivity index (χ4n) is 0.496. The molecule has 10 heteroatoms. The van der Waals surface area contributed by atoms with E-state index in [1.807, 2.05) is 0 Å². The molecule has 8 nitrogen and oxygen atoms in total. The third-order valence-corrected chi connectivity index (χ3v) is 2.51. The SMILES string of the molecule is O=P(O)(O)COCP(=O)(O)OCCO. The van der Waals surface area contributed by atoms with Crippen LogP contribution < -0.4 is 0 Å². The topological polar surface area (TPSA) is 134 Å². The molecule has 0 bridgehead atoms. The van der Waals surface area contributed by atoms with Crippen LogP contribution >= 0.6 is 15.2 Å². The number of aliphatic hydroxyl groups is 1. The highest BCUT2D eigenvalue weighted by atomic mass is 31.2. The van der Waals surface area contributed by atoms with Gasteiger partial charge < -0.3 is 29.0 Å². The van der Waals surface area contributed by atoms with Gasteiger partial charge in [0.05, 0.1) is 13.2 Å². The Morgan fingerprint density at radius 1 is 1.07 bits per heavy atom. The maximum Gasteiger partial charge on any atom is 0.353 e. The fraction of sp³-hybridized carbons (Fsp3) is 1.00. The number of ether oxygens (including phenoxy) is 1. The lowest BCUT2D eigenvalue weighted by Gasteiger charge is -2.11. The summed E-state index contributed by atoms with van der Waals surface area (Å²) in [6.07, 6.45) is -1.77. The lowest BCUT2D eigenvalue weighted by atomic mass is 10.8. The standard InChI is InChI=1S/C4H12O8P2/c5-1-2-12-14(9,10)4-11-3-13(6,7)8/h5H,1-4H2,(H,9,10)(H2,6,7,8). The van der Waals surface area contributed by atoms with Crippen molar-refractivity contribution in [2.75, 3.05) is 25.9 Å². The third kappa shape index (κ3) is 8.80. The third-order valence-electron chi connectivity index (χ3n) is 0.898. The van der Waals surface area contributed by atoms with Crippen molar-refractivity contribution in [2.45, 2.75) is 0 Å². The first-order valence-electron chi connectivity index (χ1n) is 3.46. The molecular formula is C4H12O8P2. The molecule has 0 aromatic rings. The summed E-state index contributed by atoms with van der Waals surface area (Å²) in [4.78, 5) is 25.5. The average molecular weight is 250 g/mol. The monoisotopic (exact) mass is 250 g/mol. The van der Waals surface area contributed by atoms with Crippen molar-refractivity contribution < 1.29 is 38.2 Å². The molecule has 0 aromatic heterocycles. The molecule has 0 amide bonds. The second-order valence-corrected chi connectivity index (χ2v) is 5.70. The van der Waals surface area contributed by atoms with Crippen LogP contribution in [0.2, 0.25) is 0 Å². The van der Waals surface area contributed by atoms with Crippen LogP contribution in [0.15, 0.2) is 0 Å². The lowest BCUT2D eigenvalue weighted by Crippen LogP contribution is -2.04. The number of hydrogen-bond acceptors (Lipinski definition) is 5. The zero-order valence-electron chi connectivity index (χ0n) is 7.14. The van der Waals surface area contributed by atoms with E-state index >= 15 is 0 Å². The van der Waals surface area contributed by atoms with E-state index in [0.717, 1.165) is 0 Å². The Morgan fingerprint density at radius 2 is 1.64 bits per heavy atom. The minimum absolute atomic E-state index is 0.340. The maximum atomic E-state index is 10.9. The molecule has 1 unspecified atom stereocenters. The summed E-state index contributed by atoms with van der Waals surface area (Å²) in [5, 5.41) is 8.26. The molecule has 86 valence electrons. The normalized spacial score (nSPS) is 16.6. The first kappa shape index (κ1) is 14.2. The molecule has 0 aliphatic rings. The van der Waals surface area contributed by atoms with Crippen molar-refractivity contribution >= 4 is 15.2 Å². The summed E-state index contributed by atoms with van der Waals surface area (Å²) in [6, 6.07) is 0. The van der Waals surface area contributed by atoms with Crippen molar-refractivity contribution in [1.29, 1.82) is 0 Å². The predicted octanol–water partition coefficient (Wildman–Crippen LogP) is -0.710. The van der Waals surface area contributed by atoms with E-state index in [-0.39, 0.29) is 6.61 Å². The van der Waals surface area contributed by atoms with Crippen molar-refractivity contribution in [3.8, 4) is 0 Å². The van der Waals surface area contributed by atoms with Crippen LogP contribution in [0.5, 0.6) is 0 Å². The van der Waals surface area contributed by atoms with Crippen LogP contribution in [0.4, 0.5) is 0 Å². The molecule has 0 saturated carbocycles. The van der Waals surface area contributed by atoms with Crippen LogP contribution in [-0.2, 0) is 18.4 Å². The van der Waals surface area contributed by atoms with E-state index in [2.05, 4.69) is 9.26 Å². The first-order chi connectivity index (χ1) is 6.27. The molecular weight excluding hydrogens is 238 g/mol. The van der Waals surface area contributed by atoms with Gasteiger partial charge in [0.1, 0.15) is 12.7 Å². The molecule has 0 heterocycles. The second kappa shape index (κ2) is 5.95. The predicted molar refractivity (Wildman–Crippen MR) is 45.7 cm³/mol. The van der Waals surface area contributed by atoms with Crippen molar-refractivity contribution in [3.05, 3.63) is 0 Å². The summed E-state index contributed by atoms with van der Waals surface area (Å²) in [6.45, 7) is -0.768. The highest BCUT2D eigenvalue weighted by Gasteiger charge is 2.22. The van der Waals surface area contributed by atoms with Crippen molar-refractivity contribution in [3.63, 3.8) is 0 Å². The van der Waals surface area contributed by atoms with Crippen molar-refractivity contribution in [1.82, 2.24) is 0 Å². The van der Waals surface area contributed by atoms with Crippen LogP contribution in [0.3, 0.4) is 0 Å². The zero-order valence-corrected chi connectivity index (χ0v) is 8.93. The molecule has 0 spiro atoms. The van der Waals surface area contributed by atoms with E-state index in [1.54, 1.807) is 0 Å². The highest BCUT2D eigenvalue weighted by molar-refractivity contribution is 7.53. The molecule has 0 aliphatic carbocycles. The highest BCUT2D eigenvalue weighted by Crippen LogP contribution is 2.43. The smallest absolute Gasteiger partial charge is 0.353 e. The summed E-state index contributed by atoms with van der Waals surface area (Å²) < 4.78 is 29.7. The zero-order chi connectivity index (χ0) is 11.2. The Balaban J connectivity index is 3.77. The largest absolute Gasteiger partial charge is 0.394 e. The minimum atomic E-state index is -4.34. The van der Waals surface area contributed by atoms with Gasteiger partial charge in [0, 0.05) is 0 Å². The molecule has 0 aliphatic heterocycles. The van der Waals surface area contributed by atoms with Gasteiger partial charge in [0.2, 0.25) is 0 Å². The number of aliphatic hydroxyl groups excluding tert-OH is 1. The summed E-state index contributed by atoms with van der Waals surface area (Å²) in [5.41, 5.74) is 0. The van der Waals surface area contributed by atoms with Crippen molar-refractivity contribution in [2.24, 2.45) is 0 Å². The summed E-state index contributed by atoms with van der Waals surface area (Å²) in [7, 11) is -8.36. The van der Waals surface area contributed by atoms with Gasteiger partial charge in [-0.1, -0.05) is 0 Å². The van der Waals surface area contributed by atoms with Gasteiger partial charge in [-0.15, -0.1) is 0 Å². The van der Waals surface area contributed by atoms with Gasteiger partial charge in [0.15, 0.2) is 0 Å². The molecule has 4 N–H and O–H groups in total. The van der Waals surface area contributed by atoms with Crippen LogP contribution in [0.1, 0.15) is 0 Å². The molecule has 0 rings (SSSR count). The molecule has 1 atom stereocenters. The van der Waals surface area contributed by atoms with Gasteiger partial charge in [-0.05, 0) is 0 Å². The Labute approximate surface area is 80.2 Å². The van der Waals surface area contributed by atoms with Gasteiger partial charge in [-0.2, -0.15) is 0 Å². The van der Waals surface area contributed by atoms with E-state index in [0.29, 0.717) is 0 Å². The van der Waals surface area contributed by atoms with Crippen LogP contribution in [0.25, 0.3) is 0 Å². The number of hydrogen-bond donors (Lipinski definition) is 4. The summed E-state index contributed by atoms with van der Waals surface area (Å²) in [5.74, 6) is 0. The Morgan fingerprint density at radius 3 is 2.07 bits per heavy atom. The van der Waals surface area contributed by atoms with Crippen LogP contribution in [-0.4, -0.2) is 45.7 Å². The van der Waals surface area contributed by atoms with E-state index in [1.165, 1.54) is 0 Å². The second-order valence-electron chi connectivity index (χ2n) is 2.32. The lowest BCUT2D eigenvalue weighted by molar-refractivity contribution is 0.144. The quantitative estimate of drug-likeness (QED) is 0.435. The number of rotatable bonds is 7. The first-order valence-corrected chi connectivity index (χ1v) is 7.02. The molecule has 0 fully saturated rings. The average Bonchev–Trinajstić information content (AvgIpc) is 1.98. The Hall–Kier alpha value is 0.220. The van der Waals surface area contributed by atoms with Gasteiger partial charge in [-0.25, -0.2) is 0 Å². The molecule has 0 radical (unpaired) electrons. The van der Waals surface area contributed by atoms with Crippen LogP contribution in [0, 0.1) is 0 Å². The minimum Gasteiger partial charge on any atom is -0.394 e. The molecule has 14 heavy (non-hydrogen) atoms. The van der Waals surface area contributed by atoms with E-state index < -0.39 is 34.5 Å². The van der Waals surface area contributed by atoms with E-state index in [9.17, 15) is 9.13 Å². The summed E-state index contributed by atoms with van der Waals surface area (Å²) >= 11 is 0. The molecule has 0 aromatic carbocycles. The maximum absolute atomic E-state index is 10.9. The van der Waals surface area contributed by atoms with Gasteiger partial charge in [-0.3, -0.25) is 9.13 Å². The van der Waals surface area contributed by atoms with Gasteiger partial charge >= 0.3 is 15.2 Å². The Bertz CT molecular complexity index is 246. The van der Waals surface area contributed by atoms with Gasteiger partial charge in [0.25, 0.3) is 0 Å². The molecule has 0 saturated heterocycles. The fourth-order valence-corrected chi connectivity index (χ4v) is 1.73.